The Balaban J connectivity index is 1.55. The van der Waals surface area contributed by atoms with Gasteiger partial charge in [0, 0.05) is 24.2 Å². The van der Waals surface area contributed by atoms with Gasteiger partial charge in [-0.05, 0) is 58.7 Å². The van der Waals surface area contributed by atoms with Crippen molar-refractivity contribution >= 4 is 22.4 Å². The molecule has 0 aliphatic rings. The SMILES string of the molecule is COC(=O)CCc1ccc(OCCNc2ccccc2)c(-c2ccc3ccccc3c2)c1. The van der Waals surface area contributed by atoms with Crippen molar-refractivity contribution < 1.29 is 14.3 Å². The maximum atomic E-state index is 11.6. The maximum Gasteiger partial charge on any atom is 0.305 e. The first kappa shape index (κ1) is 21.4. The number of rotatable bonds is 9. The molecule has 32 heavy (non-hydrogen) atoms. The molecule has 0 unspecified atom stereocenters. The number of ether oxygens (including phenoxy) is 2. The van der Waals surface area contributed by atoms with Gasteiger partial charge in [-0.1, -0.05) is 60.7 Å². The highest BCUT2D eigenvalue weighted by Gasteiger charge is 2.11. The molecule has 0 aromatic heterocycles. The van der Waals surface area contributed by atoms with E-state index in [0.717, 1.165) is 28.1 Å². The van der Waals surface area contributed by atoms with Gasteiger partial charge in [0.2, 0.25) is 0 Å². The van der Waals surface area contributed by atoms with Crippen LogP contribution < -0.4 is 10.1 Å². The van der Waals surface area contributed by atoms with Crippen LogP contribution in [-0.2, 0) is 16.0 Å². The van der Waals surface area contributed by atoms with Gasteiger partial charge in [-0.15, -0.1) is 0 Å². The summed E-state index contributed by atoms with van der Waals surface area (Å²) in [4.78, 5) is 11.6. The predicted octanol–water partition coefficient (Wildman–Crippen LogP) is 6.10. The van der Waals surface area contributed by atoms with E-state index in [1.807, 2.05) is 54.6 Å². The minimum Gasteiger partial charge on any atom is -0.491 e. The number of hydrogen-bond acceptors (Lipinski definition) is 4. The highest BCUT2D eigenvalue weighted by molar-refractivity contribution is 5.88. The number of nitrogens with one attached hydrogen (secondary N) is 1. The normalized spacial score (nSPS) is 10.7. The number of anilines is 1. The highest BCUT2D eigenvalue weighted by Crippen LogP contribution is 2.33. The van der Waals surface area contributed by atoms with Crippen molar-refractivity contribution in [2.75, 3.05) is 25.6 Å². The Labute approximate surface area is 188 Å². The molecule has 0 spiro atoms. The maximum absolute atomic E-state index is 11.6. The Bertz CT molecular complexity index is 1190. The fraction of sp³-hybridized carbons (Fsp3) is 0.179. The highest BCUT2D eigenvalue weighted by atomic mass is 16.5. The number of fused-ring (bicyclic) bond motifs is 1. The van der Waals surface area contributed by atoms with Gasteiger partial charge in [-0.25, -0.2) is 0 Å². The molecule has 0 saturated carbocycles. The number of aryl methyl sites for hydroxylation is 1. The second-order valence-electron chi connectivity index (χ2n) is 7.61. The monoisotopic (exact) mass is 425 g/mol. The first-order chi connectivity index (χ1) is 15.7. The van der Waals surface area contributed by atoms with Crippen LogP contribution in [0.15, 0.2) is 91.0 Å². The Morgan fingerprint density at radius 3 is 2.44 bits per heavy atom. The summed E-state index contributed by atoms with van der Waals surface area (Å²) in [5.74, 6) is 0.626. The van der Waals surface area contributed by atoms with Crippen LogP contribution in [0.25, 0.3) is 21.9 Å². The summed E-state index contributed by atoms with van der Waals surface area (Å²) in [5, 5.41) is 5.76. The predicted molar refractivity (Wildman–Crippen MR) is 130 cm³/mol. The van der Waals surface area contributed by atoms with Gasteiger partial charge in [-0.2, -0.15) is 0 Å². The molecule has 4 heteroatoms. The number of hydrogen-bond donors (Lipinski definition) is 1. The third-order valence-electron chi connectivity index (χ3n) is 5.41. The van der Waals surface area contributed by atoms with Gasteiger partial charge in [0.15, 0.2) is 0 Å². The Kier molecular flexibility index (Phi) is 7.03. The number of carbonyl (C=O) groups excluding carboxylic acids is 1. The Morgan fingerprint density at radius 1 is 0.844 bits per heavy atom. The van der Waals surface area contributed by atoms with Crippen molar-refractivity contribution in [3.8, 4) is 16.9 Å². The van der Waals surface area contributed by atoms with E-state index in [9.17, 15) is 4.79 Å². The number of benzene rings is 4. The lowest BCUT2D eigenvalue weighted by molar-refractivity contribution is -0.140. The van der Waals surface area contributed by atoms with Crippen molar-refractivity contribution in [2.24, 2.45) is 0 Å². The summed E-state index contributed by atoms with van der Waals surface area (Å²) in [6.45, 7) is 1.24. The van der Waals surface area contributed by atoms with Crippen LogP contribution in [0, 0.1) is 0 Å². The Morgan fingerprint density at radius 2 is 1.62 bits per heavy atom. The summed E-state index contributed by atoms with van der Waals surface area (Å²) in [6.07, 6.45) is 0.984. The molecule has 0 heterocycles. The van der Waals surface area contributed by atoms with Crippen LogP contribution in [0.2, 0.25) is 0 Å². The molecule has 162 valence electrons. The van der Waals surface area contributed by atoms with Crippen molar-refractivity contribution in [3.63, 3.8) is 0 Å². The van der Waals surface area contributed by atoms with Crippen LogP contribution in [0.3, 0.4) is 0 Å². The molecule has 1 N–H and O–H groups in total. The summed E-state index contributed by atoms with van der Waals surface area (Å²) >= 11 is 0. The fourth-order valence-electron chi connectivity index (χ4n) is 3.70. The van der Waals surface area contributed by atoms with Crippen LogP contribution in [0.5, 0.6) is 5.75 Å². The molecule has 0 aliphatic heterocycles. The van der Waals surface area contributed by atoms with E-state index in [2.05, 4.69) is 41.7 Å². The van der Waals surface area contributed by atoms with Gasteiger partial charge in [0.25, 0.3) is 0 Å². The molecular weight excluding hydrogens is 398 g/mol. The van der Waals surface area contributed by atoms with Gasteiger partial charge in [-0.3, -0.25) is 4.79 Å². The molecule has 4 aromatic carbocycles. The number of carbonyl (C=O) groups is 1. The van der Waals surface area contributed by atoms with E-state index in [-0.39, 0.29) is 5.97 Å². The molecule has 4 rings (SSSR count). The minimum atomic E-state index is -0.204. The van der Waals surface area contributed by atoms with Crippen molar-refractivity contribution in [2.45, 2.75) is 12.8 Å². The lowest BCUT2D eigenvalue weighted by Crippen LogP contribution is -2.12. The summed E-state index contributed by atoms with van der Waals surface area (Å²) in [7, 11) is 1.42. The molecule has 0 bridgehead atoms. The fourth-order valence-corrected chi connectivity index (χ4v) is 3.70. The number of methoxy groups -OCH3 is 1. The van der Waals surface area contributed by atoms with E-state index < -0.39 is 0 Å². The van der Waals surface area contributed by atoms with E-state index in [4.69, 9.17) is 9.47 Å². The summed E-state index contributed by atoms with van der Waals surface area (Å²) in [6, 6.07) is 31.0. The van der Waals surface area contributed by atoms with Crippen LogP contribution in [-0.4, -0.2) is 26.2 Å². The van der Waals surface area contributed by atoms with Crippen molar-refractivity contribution in [1.82, 2.24) is 0 Å². The quantitative estimate of drug-likeness (QED) is 0.260. The second kappa shape index (κ2) is 10.5. The van der Waals surface area contributed by atoms with Crippen molar-refractivity contribution in [3.05, 3.63) is 96.6 Å². The number of para-hydroxylation sites is 1. The number of esters is 1. The molecule has 0 fully saturated rings. The van der Waals surface area contributed by atoms with Gasteiger partial charge in [0.05, 0.1) is 7.11 Å². The van der Waals surface area contributed by atoms with E-state index in [1.165, 1.54) is 17.9 Å². The molecular formula is C28H27NO3. The lowest BCUT2D eigenvalue weighted by Gasteiger charge is -2.15. The van der Waals surface area contributed by atoms with E-state index in [0.29, 0.717) is 26.0 Å². The molecule has 0 atom stereocenters. The molecule has 0 saturated heterocycles. The largest absolute Gasteiger partial charge is 0.491 e. The summed E-state index contributed by atoms with van der Waals surface area (Å²) < 4.78 is 11.0. The molecule has 4 aromatic rings. The van der Waals surface area contributed by atoms with Crippen molar-refractivity contribution in [1.29, 1.82) is 0 Å². The first-order valence-corrected chi connectivity index (χ1v) is 10.8. The first-order valence-electron chi connectivity index (χ1n) is 10.8. The van der Waals surface area contributed by atoms with Gasteiger partial charge in [0.1, 0.15) is 12.4 Å². The zero-order valence-electron chi connectivity index (χ0n) is 18.2. The zero-order valence-corrected chi connectivity index (χ0v) is 18.2. The molecule has 0 radical (unpaired) electrons. The Hall–Kier alpha value is -3.79. The standard InChI is InChI=1S/C28H27NO3/c1-31-28(30)16-12-21-11-15-27(32-18-17-29-25-9-3-2-4-10-25)26(19-21)24-14-13-22-7-5-6-8-23(22)20-24/h2-11,13-15,19-20,29H,12,16-18H2,1H3. The average Bonchev–Trinajstić information content (AvgIpc) is 2.85. The lowest BCUT2D eigenvalue weighted by atomic mass is 9.97. The average molecular weight is 426 g/mol. The van der Waals surface area contributed by atoms with Crippen LogP contribution in [0.1, 0.15) is 12.0 Å². The zero-order chi connectivity index (χ0) is 22.2. The third-order valence-corrected chi connectivity index (χ3v) is 5.41. The van der Waals surface area contributed by atoms with Crippen LogP contribution in [0.4, 0.5) is 5.69 Å². The third kappa shape index (κ3) is 5.46. The summed E-state index contributed by atoms with van der Waals surface area (Å²) in [5.41, 5.74) is 4.27. The van der Waals surface area contributed by atoms with Crippen LogP contribution >= 0.6 is 0 Å². The molecule has 0 aliphatic carbocycles. The molecule has 0 amide bonds. The smallest absolute Gasteiger partial charge is 0.305 e. The second-order valence-corrected chi connectivity index (χ2v) is 7.61. The van der Waals surface area contributed by atoms with E-state index >= 15 is 0 Å². The van der Waals surface area contributed by atoms with E-state index in [1.54, 1.807) is 0 Å². The van der Waals surface area contributed by atoms with Gasteiger partial charge < -0.3 is 14.8 Å². The topological polar surface area (TPSA) is 47.6 Å². The van der Waals surface area contributed by atoms with Gasteiger partial charge >= 0.3 is 5.97 Å². The minimum absolute atomic E-state index is 0.204. The molecule has 4 nitrogen and oxygen atoms in total.